The molecular weight excluding hydrogens is 374 g/mol. The molecule has 0 atom stereocenters. The number of thioether (sulfide) groups is 1. The number of aryl methyl sites for hydroxylation is 2. The normalized spacial score (nSPS) is 13.9. The van der Waals surface area contributed by atoms with Gasteiger partial charge in [-0.2, -0.15) is 0 Å². The second kappa shape index (κ2) is 7.67. The Balaban J connectivity index is 1.75. The monoisotopic (exact) mass is 395 g/mol. The molecule has 144 valence electrons. The van der Waals surface area contributed by atoms with E-state index in [-0.39, 0.29) is 11.7 Å². The van der Waals surface area contributed by atoms with Gasteiger partial charge in [-0.1, -0.05) is 30.0 Å². The molecule has 2 aromatic carbocycles. The fraction of sp³-hybridized carbons (Fsp3) is 0.286. The molecule has 0 unspecified atom stereocenters. The van der Waals surface area contributed by atoms with Gasteiger partial charge < -0.3 is 9.64 Å². The van der Waals surface area contributed by atoms with Crippen LogP contribution in [0, 0.1) is 13.8 Å². The minimum absolute atomic E-state index is 0.0846. The predicted octanol–water partition coefficient (Wildman–Crippen LogP) is 3.55. The molecule has 4 rings (SSSR count). The van der Waals surface area contributed by atoms with E-state index in [9.17, 15) is 9.59 Å². The molecule has 1 aliphatic heterocycles. The Kier molecular flexibility index (Phi) is 5.09. The standard InChI is InChI=1S/C21H21N3O3S/c1-14-11-15(2)13-16(12-14)24-19(25)17-5-3-4-6-18(17)22-20(24)28-10-8-23-7-9-27-21(23)26/h3-6,11-13H,7-10H2,1-2H3. The molecule has 7 heteroatoms. The Labute approximate surface area is 167 Å². The molecular formula is C21H21N3O3S. The predicted molar refractivity (Wildman–Crippen MR) is 110 cm³/mol. The van der Waals surface area contributed by atoms with Crippen molar-refractivity contribution in [2.75, 3.05) is 25.4 Å². The highest BCUT2D eigenvalue weighted by Crippen LogP contribution is 2.23. The van der Waals surface area contributed by atoms with Crippen molar-refractivity contribution < 1.29 is 9.53 Å². The molecule has 2 heterocycles. The largest absolute Gasteiger partial charge is 0.448 e. The number of rotatable bonds is 5. The van der Waals surface area contributed by atoms with Gasteiger partial charge in [0.1, 0.15) is 6.61 Å². The number of aromatic nitrogens is 2. The van der Waals surface area contributed by atoms with E-state index in [1.54, 1.807) is 15.5 Å². The second-order valence-electron chi connectivity index (χ2n) is 6.85. The number of benzene rings is 2. The number of carbonyl (C=O) groups excluding carboxylic acids is 1. The molecule has 28 heavy (non-hydrogen) atoms. The minimum atomic E-state index is -0.279. The maximum Gasteiger partial charge on any atom is 0.409 e. The highest BCUT2D eigenvalue weighted by molar-refractivity contribution is 7.99. The van der Waals surface area contributed by atoms with Crippen molar-refractivity contribution in [1.82, 2.24) is 14.5 Å². The Morgan fingerprint density at radius 3 is 2.57 bits per heavy atom. The van der Waals surface area contributed by atoms with Crippen LogP contribution in [0.25, 0.3) is 16.6 Å². The highest BCUT2D eigenvalue weighted by atomic mass is 32.2. The summed E-state index contributed by atoms with van der Waals surface area (Å²) in [5.41, 5.74) is 3.58. The Bertz CT molecular complexity index is 1090. The molecule has 6 nitrogen and oxygen atoms in total. The van der Waals surface area contributed by atoms with Crippen LogP contribution in [0.3, 0.4) is 0 Å². The van der Waals surface area contributed by atoms with Crippen LogP contribution in [-0.4, -0.2) is 46.0 Å². The summed E-state index contributed by atoms with van der Waals surface area (Å²) in [6, 6.07) is 13.4. The molecule has 1 fully saturated rings. The Hall–Kier alpha value is -2.80. The zero-order chi connectivity index (χ0) is 19.7. The van der Waals surface area contributed by atoms with Crippen molar-refractivity contribution in [2.24, 2.45) is 0 Å². The third kappa shape index (κ3) is 3.62. The number of fused-ring (bicyclic) bond motifs is 1. The van der Waals surface area contributed by atoms with Crippen molar-refractivity contribution in [3.63, 3.8) is 0 Å². The lowest BCUT2D eigenvalue weighted by Gasteiger charge is -2.16. The number of cyclic esters (lactones) is 1. The van der Waals surface area contributed by atoms with E-state index in [1.165, 1.54) is 11.8 Å². The minimum Gasteiger partial charge on any atom is -0.448 e. The smallest absolute Gasteiger partial charge is 0.409 e. The lowest BCUT2D eigenvalue weighted by atomic mass is 10.1. The first kappa shape index (κ1) is 18.6. The molecule has 0 spiro atoms. The summed E-state index contributed by atoms with van der Waals surface area (Å²) in [5, 5.41) is 1.22. The van der Waals surface area contributed by atoms with Crippen LogP contribution >= 0.6 is 11.8 Å². The van der Waals surface area contributed by atoms with E-state index >= 15 is 0 Å². The molecule has 1 aliphatic rings. The number of amides is 1. The third-order valence-corrected chi connectivity index (χ3v) is 5.57. The third-order valence-electron chi connectivity index (χ3n) is 4.65. The Morgan fingerprint density at radius 2 is 1.86 bits per heavy atom. The summed E-state index contributed by atoms with van der Waals surface area (Å²) in [4.78, 5) is 31.3. The van der Waals surface area contributed by atoms with E-state index in [0.717, 1.165) is 16.8 Å². The molecule has 0 radical (unpaired) electrons. The molecule has 0 N–H and O–H groups in total. The van der Waals surface area contributed by atoms with Crippen molar-refractivity contribution in [3.8, 4) is 5.69 Å². The van der Waals surface area contributed by atoms with Crippen LogP contribution in [0.1, 0.15) is 11.1 Å². The number of carbonyl (C=O) groups is 1. The number of ether oxygens (including phenoxy) is 1. The van der Waals surface area contributed by atoms with Crippen LogP contribution in [0.2, 0.25) is 0 Å². The summed E-state index contributed by atoms with van der Waals surface area (Å²) in [7, 11) is 0. The van der Waals surface area contributed by atoms with Gasteiger partial charge in [-0.25, -0.2) is 9.78 Å². The maximum absolute atomic E-state index is 13.3. The van der Waals surface area contributed by atoms with Crippen LogP contribution in [0.4, 0.5) is 4.79 Å². The van der Waals surface area contributed by atoms with Crippen LogP contribution in [0.15, 0.2) is 52.4 Å². The number of nitrogens with zero attached hydrogens (tertiary/aromatic N) is 3. The Morgan fingerprint density at radius 1 is 1.11 bits per heavy atom. The number of hydrogen-bond donors (Lipinski definition) is 0. The van der Waals surface area contributed by atoms with E-state index < -0.39 is 0 Å². The van der Waals surface area contributed by atoms with Gasteiger partial charge in [0.05, 0.1) is 23.1 Å². The first-order chi connectivity index (χ1) is 13.5. The molecule has 0 bridgehead atoms. The fourth-order valence-corrected chi connectivity index (χ4v) is 4.37. The number of hydrogen-bond acceptors (Lipinski definition) is 5. The van der Waals surface area contributed by atoms with Gasteiger partial charge in [-0.05, 0) is 49.2 Å². The van der Waals surface area contributed by atoms with Crippen molar-refractivity contribution in [3.05, 3.63) is 63.9 Å². The second-order valence-corrected chi connectivity index (χ2v) is 7.91. The van der Waals surface area contributed by atoms with Gasteiger partial charge in [-0.15, -0.1) is 0 Å². The molecule has 0 saturated carbocycles. The van der Waals surface area contributed by atoms with Crippen LogP contribution < -0.4 is 5.56 Å². The van der Waals surface area contributed by atoms with Gasteiger partial charge in [0, 0.05) is 12.3 Å². The summed E-state index contributed by atoms with van der Waals surface area (Å²) in [6.07, 6.45) is -0.279. The fourth-order valence-electron chi connectivity index (χ4n) is 3.39. The van der Waals surface area contributed by atoms with Crippen LogP contribution in [0.5, 0.6) is 0 Å². The summed E-state index contributed by atoms with van der Waals surface area (Å²) < 4.78 is 6.65. The molecule has 3 aromatic rings. The number of para-hydroxylation sites is 1. The summed E-state index contributed by atoms with van der Waals surface area (Å²) in [6.45, 7) is 5.63. The first-order valence-corrected chi connectivity index (χ1v) is 10.2. The molecule has 0 aliphatic carbocycles. The molecule has 1 amide bonds. The zero-order valence-corrected chi connectivity index (χ0v) is 16.7. The van der Waals surface area contributed by atoms with Crippen LogP contribution in [-0.2, 0) is 4.74 Å². The van der Waals surface area contributed by atoms with Gasteiger partial charge >= 0.3 is 6.09 Å². The van der Waals surface area contributed by atoms with Gasteiger partial charge in [0.15, 0.2) is 5.16 Å². The lowest BCUT2D eigenvalue weighted by molar-refractivity contribution is 0.160. The van der Waals surface area contributed by atoms with Gasteiger partial charge in [-0.3, -0.25) is 9.36 Å². The average Bonchev–Trinajstić information content (AvgIpc) is 3.06. The van der Waals surface area contributed by atoms with Crippen molar-refractivity contribution >= 4 is 28.8 Å². The van der Waals surface area contributed by atoms with Crippen molar-refractivity contribution in [1.29, 1.82) is 0 Å². The SMILES string of the molecule is Cc1cc(C)cc(-n2c(SCCN3CCOC3=O)nc3ccccc3c2=O)c1. The van der Waals surface area contributed by atoms with E-state index in [4.69, 9.17) is 9.72 Å². The van der Waals surface area contributed by atoms with E-state index in [2.05, 4.69) is 6.07 Å². The summed E-state index contributed by atoms with van der Waals surface area (Å²) >= 11 is 1.47. The average molecular weight is 395 g/mol. The first-order valence-electron chi connectivity index (χ1n) is 9.18. The summed E-state index contributed by atoms with van der Waals surface area (Å²) in [5.74, 6) is 0.630. The van der Waals surface area contributed by atoms with E-state index in [0.29, 0.717) is 41.5 Å². The van der Waals surface area contributed by atoms with Gasteiger partial charge in [0.25, 0.3) is 5.56 Å². The van der Waals surface area contributed by atoms with Crippen molar-refractivity contribution in [2.45, 2.75) is 19.0 Å². The molecule has 1 aromatic heterocycles. The zero-order valence-electron chi connectivity index (χ0n) is 15.8. The molecule has 1 saturated heterocycles. The maximum atomic E-state index is 13.3. The quantitative estimate of drug-likeness (QED) is 0.488. The van der Waals surface area contributed by atoms with E-state index in [1.807, 2.05) is 44.2 Å². The lowest BCUT2D eigenvalue weighted by Crippen LogP contribution is -2.27. The topological polar surface area (TPSA) is 64.4 Å². The highest BCUT2D eigenvalue weighted by Gasteiger charge is 2.22. The van der Waals surface area contributed by atoms with Gasteiger partial charge in [0.2, 0.25) is 0 Å².